The summed E-state index contributed by atoms with van der Waals surface area (Å²) in [4.78, 5) is 15.2. The van der Waals surface area contributed by atoms with Crippen LogP contribution in [0.15, 0.2) is 30.7 Å². The van der Waals surface area contributed by atoms with Gasteiger partial charge in [0.1, 0.15) is 5.65 Å². The quantitative estimate of drug-likeness (QED) is 0.781. The molecule has 0 bridgehead atoms. The molecular weight excluding hydrogens is 178 g/mol. The highest BCUT2D eigenvalue weighted by Crippen LogP contribution is 2.09. The molecule has 0 saturated heterocycles. The van der Waals surface area contributed by atoms with Crippen LogP contribution in [-0.4, -0.2) is 15.3 Å². The molecule has 72 valence electrons. The maximum absolute atomic E-state index is 11.1. The molecule has 0 aromatic carbocycles. The molecule has 0 aliphatic rings. The third kappa shape index (κ3) is 1.59. The standard InChI is InChI=1S/C10H11N3O/c1-2-10(14)12-8-3-4-9-11-5-6-13(9)7-8/h3-7H,2H2,1H3,(H,12,14). The fourth-order valence-electron chi connectivity index (χ4n) is 1.24. The SMILES string of the molecule is CCC(=O)Nc1ccc2nccn2c1. The number of hydrogen-bond acceptors (Lipinski definition) is 2. The number of nitrogens with one attached hydrogen (secondary N) is 1. The second-order valence-electron chi connectivity index (χ2n) is 3.01. The Kier molecular flexibility index (Phi) is 2.18. The van der Waals surface area contributed by atoms with E-state index in [4.69, 9.17) is 0 Å². The van der Waals surface area contributed by atoms with Gasteiger partial charge in [-0.05, 0) is 12.1 Å². The van der Waals surface area contributed by atoms with Gasteiger partial charge >= 0.3 is 0 Å². The fourth-order valence-corrected chi connectivity index (χ4v) is 1.24. The van der Waals surface area contributed by atoms with Crippen molar-refractivity contribution in [3.05, 3.63) is 30.7 Å². The number of imidazole rings is 1. The number of amides is 1. The maximum Gasteiger partial charge on any atom is 0.224 e. The van der Waals surface area contributed by atoms with Crippen LogP contribution in [0.1, 0.15) is 13.3 Å². The number of hydrogen-bond donors (Lipinski definition) is 1. The topological polar surface area (TPSA) is 46.4 Å². The first kappa shape index (κ1) is 8.74. The smallest absolute Gasteiger partial charge is 0.224 e. The number of aromatic nitrogens is 2. The average molecular weight is 189 g/mol. The second-order valence-corrected chi connectivity index (χ2v) is 3.01. The number of carbonyl (C=O) groups excluding carboxylic acids is 1. The molecule has 1 amide bonds. The zero-order valence-electron chi connectivity index (χ0n) is 7.90. The van der Waals surface area contributed by atoms with Crippen LogP contribution < -0.4 is 5.32 Å². The summed E-state index contributed by atoms with van der Waals surface area (Å²) in [6.07, 6.45) is 5.90. The minimum Gasteiger partial charge on any atom is -0.325 e. The van der Waals surface area contributed by atoms with E-state index in [9.17, 15) is 4.79 Å². The first-order valence-corrected chi connectivity index (χ1v) is 4.52. The van der Waals surface area contributed by atoms with Crippen molar-refractivity contribution in [3.63, 3.8) is 0 Å². The third-order valence-electron chi connectivity index (χ3n) is 1.99. The number of pyridine rings is 1. The van der Waals surface area contributed by atoms with Gasteiger partial charge in [-0.1, -0.05) is 6.92 Å². The first-order chi connectivity index (χ1) is 6.79. The van der Waals surface area contributed by atoms with Crippen LogP contribution in [0, 0.1) is 0 Å². The summed E-state index contributed by atoms with van der Waals surface area (Å²) in [6, 6.07) is 3.71. The molecule has 14 heavy (non-hydrogen) atoms. The lowest BCUT2D eigenvalue weighted by atomic mass is 10.3. The molecule has 0 fully saturated rings. The molecular formula is C10H11N3O. The summed E-state index contributed by atoms with van der Waals surface area (Å²) in [5, 5.41) is 2.79. The molecule has 0 unspecified atom stereocenters. The van der Waals surface area contributed by atoms with Crippen molar-refractivity contribution in [2.45, 2.75) is 13.3 Å². The van der Waals surface area contributed by atoms with E-state index in [1.807, 2.05) is 35.9 Å². The van der Waals surface area contributed by atoms with E-state index in [0.29, 0.717) is 6.42 Å². The fraction of sp³-hybridized carbons (Fsp3) is 0.200. The Balaban J connectivity index is 2.30. The van der Waals surface area contributed by atoms with Crippen LogP contribution in [0.4, 0.5) is 5.69 Å². The van der Waals surface area contributed by atoms with Crippen LogP contribution in [-0.2, 0) is 4.79 Å². The molecule has 2 rings (SSSR count). The van der Waals surface area contributed by atoms with Gasteiger partial charge in [-0.25, -0.2) is 4.98 Å². The van der Waals surface area contributed by atoms with Crippen LogP contribution in [0.2, 0.25) is 0 Å². The van der Waals surface area contributed by atoms with Crippen molar-refractivity contribution in [1.29, 1.82) is 0 Å². The molecule has 4 nitrogen and oxygen atoms in total. The van der Waals surface area contributed by atoms with Crippen molar-refractivity contribution in [2.24, 2.45) is 0 Å². The Morgan fingerprint density at radius 1 is 1.57 bits per heavy atom. The average Bonchev–Trinajstić information content (AvgIpc) is 2.64. The highest BCUT2D eigenvalue weighted by atomic mass is 16.1. The Bertz CT molecular complexity index is 461. The van der Waals surface area contributed by atoms with Gasteiger partial charge in [0.25, 0.3) is 0 Å². The molecule has 2 aromatic rings. The van der Waals surface area contributed by atoms with E-state index < -0.39 is 0 Å². The Hall–Kier alpha value is -1.84. The molecule has 0 atom stereocenters. The van der Waals surface area contributed by atoms with Gasteiger partial charge in [0, 0.05) is 25.0 Å². The number of carbonyl (C=O) groups is 1. The van der Waals surface area contributed by atoms with E-state index in [2.05, 4.69) is 10.3 Å². The summed E-state index contributed by atoms with van der Waals surface area (Å²) >= 11 is 0. The summed E-state index contributed by atoms with van der Waals surface area (Å²) in [5.74, 6) is 0.0180. The second kappa shape index (κ2) is 3.49. The van der Waals surface area contributed by atoms with Crippen LogP contribution >= 0.6 is 0 Å². The Morgan fingerprint density at radius 2 is 2.43 bits per heavy atom. The summed E-state index contributed by atoms with van der Waals surface area (Å²) in [7, 11) is 0. The maximum atomic E-state index is 11.1. The molecule has 0 radical (unpaired) electrons. The van der Waals surface area contributed by atoms with Gasteiger partial charge in [-0.3, -0.25) is 4.79 Å². The predicted octanol–water partition coefficient (Wildman–Crippen LogP) is 1.68. The molecule has 2 aromatic heterocycles. The van der Waals surface area contributed by atoms with Crippen molar-refractivity contribution < 1.29 is 4.79 Å². The molecule has 0 aliphatic carbocycles. The van der Waals surface area contributed by atoms with E-state index in [0.717, 1.165) is 11.3 Å². The molecule has 0 spiro atoms. The van der Waals surface area contributed by atoms with Crippen molar-refractivity contribution in [2.75, 3.05) is 5.32 Å². The Labute approximate surface area is 81.6 Å². The van der Waals surface area contributed by atoms with Crippen LogP contribution in [0.3, 0.4) is 0 Å². The Morgan fingerprint density at radius 3 is 3.21 bits per heavy atom. The normalized spacial score (nSPS) is 10.4. The highest BCUT2D eigenvalue weighted by Gasteiger charge is 1.99. The van der Waals surface area contributed by atoms with Gasteiger partial charge in [-0.15, -0.1) is 0 Å². The van der Waals surface area contributed by atoms with E-state index in [1.54, 1.807) is 6.20 Å². The molecule has 0 saturated carbocycles. The van der Waals surface area contributed by atoms with Crippen molar-refractivity contribution in [3.8, 4) is 0 Å². The molecule has 4 heteroatoms. The van der Waals surface area contributed by atoms with Gasteiger partial charge in [-0.2, -0.15) is 0 Å². The predicted molar refractivity (Wildman–Crippen MR) is 54.1 cm³/mol. The summed E-state index contributed by atoms with van der Waals surface area (Å²) in [6.45, 7) is 1.82. The lowest BCUT2D eigenvalue weighted by molar-refractivity contribution is -0.115. The van der Waals surface area contributed by atoms with Gasteiger partial charge in [0.2, 0.25) is 5.91 Å². The highest BCUT2D eigenvalue weighted by molar-refractivity contribution is 5.90. The number of nitrogens with zero attached hydrogens (tertiary/aromatic N) is 2. The minimum absolute atomic E-state index is 0.0180. The first-order valence-electron chi connectivity index (χ1n) is 4.52. The zero-order chi connectivity index (χ0) is 9.97. The summed E-state index contributed by atoms with van der Waals surface area (Å²) < 4.78 is 1.87. The lowest BCUT2D eigenvalue weighted by Gasteiger charge is -2.03. The van der Waals surface area contributed by atoms with Crippen molar-refractivity contribution in [1.82, 2.24) is 9.38 Å². The number of rotatable bonds is 2. The molecule has 0 aliphatic heterocycles. The van der Waals surface area contributed by atoms with Gasteiger partial charge in [0.15, 0.2) is 0 Å². The lowest BCUT2D eigenvalue weighted by Crippen LogP contribution is -2.09. The van der Waals surface area contributed by atoms with E-state index in [-0.39, 0.29) is 5.91 Å². The van der Waals surface area contributed by atoms with Crippen LogP contribution in [0.5, 0.6) is 0 Å². The number of anilines is 1. The van der Waals surface area contributed by atoms with Gasteiger partial charge in [0.05, 0.1) is 5.69 Å². The van der Waals surface area contributed by atoms with Crippen molar-refractivity contribution >= 4 is 17.2 Å². The largest absolute Gasteiger partial charge is 0.325 e. The summed E-state index contributed by atoms with van der Waals surface area (Å²) in [5.41, 5.74) is 1.67. The monoisotopic (exact) mass is 189 g/mol. The molecule has 2 heterocycles. The van der Waals surface area contributed by atoms with E-state index >= 15 is 0 Å². The van der Waals surface area contributed by atoms with Gasteiger partial charge < -0.3 is 9.72 Å². The molecule has 1 N–H and O–H groups in total. The third-order valence-corrected chi connectivity index (χ3v) is 1.99. The zero-order valence-corrected chi connectivity index (χ0v) is 7.90. The van der Waals surface area contributed by atoms with Crippen LogP contribution in [0.25, 0.3) is 5.65 Å². The minimum atomic E-state index is 0.0180. The van der Waals surface area contributed by atoms with E-state index in [1.165, 1.54) is 0 Å². The number of fused-ring (bicyclic) bond motifs is 1.